The van der Waals surface area contributed by atoms with Crippen LogP contribution < -0.4 is 10.6 Å². The Hall–Kier alpha value is -1.69. The molecule has 0 amide bonds. The number of ether oxygens (including phenoxy) is 1. The lowest BCUT2D eigenvalue weighted by molar-refractivity contribution is 0.122. The number of fused-ring (bicyclic) bond motifs is 1. The Bertz CT molecular complexity index is 542. The van der Waals surface area contributed by atoms with Crippen LogP contribution in [0.1, 0.15) is 0 Å². The second kappa shape index (κ2) is 4.29. The van der Waals surface area contributed by atoms with Crippen LogP contribution in [-0.4, -0.2) is 49.1 Å². The van der Waals surface area contributed by atoms with E-state index >= 15 is 0 Å². The molecule has 1 fully saturated rings. The van der Waals surface area contributed by atoms with Gasteiger partial charge in [-0.15, -0.1) is 0 Å². The largest absolute Gasteiger partial charge is 0.378 e. The Labute approximate surface area is 100 Å². The van der Waals surface area contributed by atoms with Crippen molar-refractivity contribution < 1.29 is 4.74 Å². The van der Waals surface area contributed by atoms with Crippen molar-refractivity contribution in [3.63, 3.8) is 0 Å². The maximum Gasteiger partial charge on any atom is 0.189 e. The second-order valence-electron chi connectivity index (χ2n) is 4.07. The first-order valence-electron chi connectivity index (χ1n) is 5.76. The van der Waals surface area contributed by atoms with Gasteiger partial charge in [-0.05, 0) is 12.1 Å². The molecule has 0 aromatic carbocycles. The van der Waals surface area contributed by atoms with Gasteiger partial charge < -0.3 is 9.64 Å². The summed E-state index contributed by atoms with van der Waals surface area (Å²) in [6.45, 7) is 3.26. The zero-order valence-corrected chi connectivity index (χ0v) is 9.76. The van der Waals surface area contributed by atoms with E-state index in [2.05, 4.69) is 19.9 Å². The van der Waals surface area contributed by atoms with Crippen LogP contribution >= 0.6 is 0 Å². The van der Waals surface area contributed by atoms with E-state index in [-0.39, 0.29) is 0 Å². The average molecular weight is 228 g/mol. The Morgan fingerprint density at radius 1 is 1.24 bits per heavy atom. The number of hydrogen-bond donors (Lipinski definition) is 0. The highest BCUT2D eigenvalue weighted by atomic mass is 16.5. The number of morpholine rings is 1. The maximum atomic E-state index is 5.36. The van der Waals surface area contributed by atoms with E-state index in [0.29, 0.717) is 0 Å². The molecule has 0 aliphatic carbocycles. The minimum atomic E-state index is 0.755. The number of nitrogens with zero attached hydrogens (tertiary/aromatic N) is 4. The van der Waals surface area contributed by atoms with E-state index in [1.165, 1.54) is 0 Å². The summed E-state index contributed by atoms with van der Waals surface area (Å²) in [5.74, 6) is 0.976. The van der Waals surface area contributed by atoms with Gasteiger partial charge in [0.2, 0.25) is 0 Å². The lowest BCUT2D eigenvalue weighted by Crippen LogP contribution is -2.38. The molecule has 3 rings (SSSR count). The summed E-state index contributed by atoms with van der Waals surface area (Å²) in [5.41, 5.74) is 1.53. The molecule has 0 radical (unpaired) electrons. The molecule has 0 atom stereocenters. The van der Waals surface area contributed by atoms with Gasteiger partial charge >= 0.3 is 0 Å². The fourth-order valence-corrected chi connectivity index (χ4v) is 2.07. The van der Waals surface area contributed by atoms with Crippen LogP contribution in [0.2, 0.25) is 0 Å². The molecule has 1 aliphatic heterocycles. The molecular formula is C11H13BN4O. The number of hydrogen-bond acceptors (Lipinski definition) is 5. The SMILES string of the molecule is Bc1nc(N2CCOCC2)c2cccnc2n1. The molecule has 1 saturated heterocycles. The van der Waals surface area contributed by atoms with Gasteiger partial charge in [0.15, 0.2) is 13.5 Å². The van der Waals surface area contributed by atoms with Gasteiger partial charge in [-0.2, -0.15) is 0 Å². The summed E-state index contributed by atoms with van der Waals surface area (Å²) >= 11 is 0. The molecule has 2 aromatic heterocycles. The zero-order valence-electron chi connectivity index (χ0n) is 9.76. The van der Waals surface area contributed by atoms with Gasteiger partial charge in [0.1, 0.15) is 5.82 Å². The van der Waals surface area contributed by atoms with Crippen LogP contribution in [0.4, 0.5) is 5.82 Å². The predicted molar refractivity (Wildman–Crippen MR) is 68.5 cm³/mol. The normalized spacial score (nSPS) is 16.4. The third-order valence-electron chi connectivity index (χ3n) is 2.87. The lowest BCUT2D eigenvalue weighted by Gasteiger charge is -2.28. The molecule has 86 valence electrons. The molecule has 0 spiro atoms. The summed E-state index contributed by atoms with van der Waals surface area (Å²) in [6.07, 6.45) is 1.76. The van der Waals surface area contributed by atoms with Crippen LogP contribution in [0.5, 0.6) is 0 Å². The van der Waals surface area contributed by atoms with Gasteiger partial charge in [-0.3, -0.25) is 0 Å². The first-order valence-corrected chi connectivity index (χ1v) is 5.76. The Morgan fingerprint density at radius 2 is 2.06 bits per heavy atom. The third-order valence-corrected chi connectivity index (χ3v) is 2.87. The van der Waals surface area contributed by atoms with Gasteiger partial charge in [-0.1, -0.05) is 0 Å². The third kappa shape index (κ3) is 1.96. The molecule has 6 heteroatoms. The van der Waals surface area contributed by atoms with Crippen molar-refractivity contribution in [2.45, 2.75) is 0 Å². The smallest absolute Gasteiger partial charge is 0.189 e. The minimum absolute atomic E-state index is 0.755. The van der Waals surface area contributed by atoms with Crippen LogP contribution in [0, 0.1) is 0 Å². The molecular weight excluding hydrogens is 215 g/mol. The summed E-state index contributed by atoms with van der Waals surface area (Å²) in [4.78, 5) is 15.4. The van der Waals surface area contributed by atoms with Crippen molar-refractivity contribution >= 4 is 30.4 Å². The molecule has 17 heavy (non-hydrogen) atoms. The van der Waals surface area contributed by atoms with Gasteiger partial charge in [0, 0.05) is 19.3 Å². The first-order chi connectivity index (χ1) is 8.34. The number of rotatable bonds is 1. The molecule has 2 aromatic rings. The van der Waals surface area contributed by atoms with Crippen LogP contribution in [0.25, 0.3) is 11.0 Å². The van der Waals surface area contributed by atoms with Crippen LogP contribution in [0.15, 0.2) is 18.3 Å². The lowest BCUT2D eigenvalue weighted by atomic mass is 10.1. The molecule has 0 N–H and O–H groups in total. The standard InChI is InChI=1S/C11H13BN4O/c12-11-14-9-8(2-1-3-13-9)10(15-11)16-4-6-17-7-5-16/h1-3H,4-7,12H2. The van der Waals surface area contributed by atoms with E-state index < -0.39 is 0 Å². The van der Waals surface area contributed by atoms with E-state index in [0.717, 1.165) is 48.9 Å². The van der Waals surface area contributed by atoms with Crippen molar-refractivity contribution in [1.29, 1.82) is 0 Å². The highest BCUT2D eigenvalue weighted by Crippen LogP contribution is 2.20. The summed E-state index contributed by atoms with van der Waals surface area (Å²) < 4.78 is 5.36. The highest BCUT2D eigenvalue weighted by molar-refractivity contribution is 6.29. The van der Waals surface area contributed by atoms with E-state index in [9.17, 15) is 0 Å². The second-order valence-corrected chi connectivity index (χ2v) is 4.07. The molecule has 1 aliphatic rings. The number of aromatic nitrogens is 3. The van der Waals surface area contributed by atoms with Crippen molar-refractivity contribution in [3.05, 3.63) is 18.3 Å². The van der Waals surface area contributed by atoms with E-state index in [4.69, 9.17) is 4.74 Å². The zero-order chi connectivity index (χ0) is 11.7. The molecule has 0 bridgehead atoms. The van der Waals surface area contributed by atoms with Crippen molar-refractivity contribution in [2.75, 3.05) is 31.2 Å². The molecule has 0 saturated carbocycles. The molecule has 5 nitrogen and oxygen atoms in total. The minimum Gasteiger partial charge on any atom is -0.378 e. The number of anilines is 1. The average Bonchev–Trinajstić information content (AvgIpc) is 2.39. The summed E-state index contributed by atoms with van der Waals surface area (Å²) in [7, 11) is 1.90. The van der Waals surface area contributed by atoms with Gasteiger partial charge in [0.25, 0.3) is 0 Å². The summed E-state index contributed by atoms with van der Waals surface area (Å²) in [5, 5.41) is 1.01. The topological polar surface area (TPSA) is 51.1 Å². The van der Waals surface area contributed by atoms with E-state index in [1.807, 2.05) is 20.0 Å². The van der Waals surface area contributed by atoms with Crippen molar-refractivity contribution in [1.82, 2.24) is 15.0 Å². The maximum absolute atomic E-state index is 5.36. The summed E-state index contributed by atoms with van der Waals surface area (Å²) in [6, 6.07) is 3.94. The van der Waals surface area contributed by atoms with Gasteiger partial charge in [-0.25, -0.2) is 15.0 Å². The highest BCUT2D eigenvalue weighted by Gasteiger charge is 2.16. The fourth-order valence-electron chi connectivity index (χ4n) is 2.07. The fraction of sp³-hybridized carbons (Fsp3) is 0.364. The van der Waals surface area contributed by atoms with E-state index in [1.54, 1.807) is 6.20 Å². The quantitative estimate of drug-likeness (QED) is 0.593. The van der Waals surface area contributed by atoms with Crippen molar-refractivity contribution in [2.24, 2.45) is 0 Å². The number of pyridine rings is 1. The monoisotopic (exact) mass is 228 g/mol. The van der Waals surface area contributed by atoms with Crippen molar-refractivity contribution in [3.8, 4) is 0 Å². The molecule has 0 unspecified atom stereocenters. The van der Waals surface area contributed by atoms with Crippen LogP contribution in [0.3, 0.4) is 0 Å². The predicted octanol–water partition coefficient (Wildman–Crippen LogP) is -0.880. The molecule has 3 heterocycles. The first kappa shape index (κ1) is 10.5. The Balaban J connectivity index is 2.13. The van der Waals surface area contributed by atoms with Crippen LogP contribution in [-0.2, 0) is 4.74 Å². The Kier molecular flexibility index (Phi) is 2.64. The Morgan fingerprint density at radius 3 is 2.88 bits per heavy atom. The van der Waals surface area contributed by atoms with Gasteiger partial charge in [0.05, 0.1) is 24.3 Å².